The number of aldehydes is 1. The molecule has 0 N–H and O–H groups in total. The highest BCUT2D eigenvalue weighted by Gasteiger charge is 2.30. The first-order valence-electron chi connectivity index (χ1n) is 4.34. The highest BCUT2D eigenvalue weighted by Crippen LogP contribution is 2.25. The monoisotopic (exact) mass is 295 g/mol. The predicted molar refractivity (Wildman–Crippen MR) is 58.0 cm³/mol. The van der Waals surface area contributed by atoms with E-state index in [-0.39, 0.29) is 6.29 Å². The lowest BCUT2D eigenvalue weighted by molar-refractivity contribution is 0.111. The normalized spacial score (nSPS) is 12.3. The van der Waals surface area contributed by atoms with Crippen LogP contribution in [0.25, 0.3) is 0 Å². The highest BCUT2D eigenvalue weighted by atomic mass is 32.2. The number of nitrogens with zero attached hydrogens (tertiary/aromatic N) is 1. The first-order valence-corrected chi connectivity index (χ1v) is 7.16. The molecule has 8 nitrogen and oxygen atoms in total. The lowest BCUT2D eigenvalue weighted by atomic mass is 10.3. The zero-order valence-corrected chi connectivity index (χ0v) is 11.0. The summed E-state index contributed by atoms with van der Waals surface area (Å²) in [6.07, 6.45) is 1.83. The van der Waals surface area contributed by atoms with Crippen LogP contribution in [0.3, 0.4) is 0 Å². The van der Waals surface area contributed by atoms with Gasteiger partial charge in [0.25, 0.3) is 20.2 Å². The standard InChI is InChI=1S/C8H9NO7S2/c1-15-17(11,12)7-4-9-3-6(5-10)8(7)18(13,14)16-2/h3-5H,1-2H3. The van der Waals surface area contributed by atoms with E-state index in [2.05, 4.69) is 13.4 Å². The molecule has 0 aliphatic carbocycles. The van der Waals surface area contributed by atoms with Gasteiger partial charge < -0.3 is 0 Å². The quantitative estimate of drug-likeness (QED) is 0.530. The van der Waals surface area contributed by atoms with Gasteiger partial charge in [-0.25, -0.2) is 0 Å². The summed E-state index contributed by atoms with van der Waals surface area (Å²) in [7, 11) is -7.04. The van der Waals surface area contributed by atoms with Gasteiger partial charge in [0.2, 0.25) is 0 Å². The molecule has 0 aliphatic heterocycles. The summed E-state index contributed by atoms with van der Waals surface area (Å²) in [6, 6.07) is 0. The number of carbonyl (C=O) groups is 1. The minimum Gasteiger partial charge on any atom is -0.298 e. The van der Waals surface area contributed by atoms with E-state index in [1.807, 2.05) is 0 Å². The molecule has 10 heteroatoms. The maximum absolute atomic E-state index is 11.6. The number of hydrogen-bond donors (Lipinski definition) is 0. The van der Waals surface area contributed by atoms with Gasteiger partial charge in [0, 0.05) is 12.4 Å². The van der Waals surface area contributed by atoms with Crippen LogP contribution in [0.1, 0.15) is 10.4 Å². The third-order valence-electron chi connectivity index (χ3n) is 1.98. The first-order chi connectivity index (χ1) is 8.30. The molecule has 0 saturated carbocycles. The van der Waals surface area contributed by atoms with Crippen molar-refractivity contribution in [2.24, 2.45) is 0 Å². The molecule has 0 spiro atoms. The van der Waals surface area contributed by atoms with Gasteiger partial charge in [-0.1, -0.05) is 0 Å². The maximum atomic E-state index is 11.6. The van der Waals surface area contributed by atoms with Crippen molar-refractivity contribution < 1.29 is 30.0 Å². The van der Waals surface area contributed by atoms with Crippen LogP contribution < -0.4 is 0 Å². The summed E-state index contributed by atoms with van der Waals surface area (Å²) in [5, 5.41) is 0. The second-order valence-corrected chi connectivity index (χ2v) is 6.25. The fourth-order valence-electron chi connectivity index (χ4n) is 1.15. The number of aromatic nitrogens is 1. The van der Waals surface area contributed by atoms with E-state index in [4.69, 9.17) is 0 Å². The van der Waals surface area contributed by atoms with Crippen molar-refractivity contribution in [3.05, 3.63) is 18.0 Å². The van der Waals surface area contributed by atoms with Crippen LogP contribution >= 0.6 is 0 Å². The molecule has 1 aromatic heterocycles. The molecule has 100 valence electrons. The molecule has 1 rings (SSSR count). The lowest BCUT2D eigenvalue weighted by Gasteiger charge is -2.09. The van der Waals surface area contributed by atoms with E-state index in [1.54, 1.807) is 0 Å². The van der Waals surface area contributed by atoms with Gasteiger partial charge in [-0.3, -0.25) is 18.1 Å². The summed E-state index contributed by atoms with van der Waals surface area (Å²) in [5.74, 6) is 0. The zero-order chi connectivity index (χ0) is 14.0. The molecule has 0 unspecified atom stereocenters. The van der Waals surface area contributed by atoms with Gasteiger partial charge in [-0.15, -0.1) is 0 Å². The smallest absolute Gasteiger partial charge is 0.298 e. The molecular formula is C8H9NO7S2. The van der Waals surface area contributed by atoms with E-state index in [0.29, 0.717) is 0 Å². The summed E-state index contributed by atoms with van der Waals surface area (Å²) in [5.41, 5.74) is -0.435. The van der Waals surface area contributed by atoms with Crippen LogP contribution in [0.4, 0.5) is 0 Å². The fourth-order valence-corrected chi connectivity index (χ4v) is 3.33. The number of pyridine rings is 1. The topological polar surface area (TPSA) is 117 Å². The lowest BCUT2D eigenvalue weighted by Crippen LogP contribution is -2.15. The van der Waals surface area contributed by atoms with Crippen molar-refractivity contribution in [2.75, 3.05) is 14.2 Å². The largest absolute Gasteiger partial charge is 0.299 e. The van der Waals surface area contributed by atoms with Crippen molar-refractivity contribution in [1.29, 1.82) is 0 Å². The molecule has 0 aromatic carbocycles. The summed E-state index contributed by atoms with van der Waals surface area (Å²) >= 11 is 0. The van der Waals surface area contributed by atoms with E-state index >= 15 is 0 Å². The Hall–Kier alpha value is -1.36. The Kier molecular flexibility index (Phi) is 4.16. The van der Waals surface area contributed by atoms with Crippen LogP contribution in [0.15, 0.2) is 22.2 Å². The third-order valence-corrected chi connectivity index (χ3v) is 4.79. The molecule has 0 saturated heterocycles. The second kappa shape index (κ2) is 5.10. The van der Waals surface area contributed by atoms with Gasteiger partial charge in [-0.2, -0.15) is 16.8 Å². The Morgan fingerprint density at radius 3 is 2.06 bits per heavy atom. The summed E-state index contributed by atoms with van der Waals surface area (Å²) in [6.45, 7) is 0. The van der Waals surface area contributed by atoms with Crippen molar-refractivity contribution in [3.63, 3.8) is 0 Å². The Balaban J connectivity index is 3.82. The highest BCUT2D eigenvalue weighted by molar-refractivity contribution is 7.90. The van der Waals surface area contributed by atoms with E-state index in [9.17, 15) is 21.6 Å². The minimum absolute atomic E-state index is 0.160. The van der Waals surface area contributed by atoms with E-state index < -0.39 is 35.6 Å². The van der Waals surface area contributed by atoms with Gasteiger partial charge >= 0.3 is 0 Å². The molecule has 0 bridgehead atoms. The van der Waals surface area contributed by atoms with Crippen LogP contribution in [-0.2, 0) is 28.6 Å². The van der Waals surface area contributed by atoms with E-state index in [0.717, 1.165) is 26.6 Å². The predicted octanol–water partition coefficient (Wildman–Crippen LogP) is -0.436. The van der Waals surface area contributed by atoms with Crippen molar-refractivity contribution in [1.82, 2.24) is 4.98 Å². The van der Waals surface area contributed by atoms with Gasteiger partial charge in [0.15, 0.2) is 6.29 Å². The molecule has 0 aliphatic rings. The second-order valence-electron chi connectivity index (χ2n) is 2.92. The zero-order valence-electron chi connectivity index (χ0n) is 9.35. The average Bonchev–Trinajstić information content (AvgIpc) is 2.37. The summed E-state index contributed by atoms with van der Waals surface area (Å²) < 4.78 is 54.8. The Bertz CT molecular complexity index is 663. The third kappa shape index (κ3) is 2.56. The van der Waals surface area contributed by atoms with Crippen LogP contribution in [-0.4, -0.2) is 42.3 Å². The Morgan fingerprint density at radius 2 is 1.61 bits per heavy atom. The average molecular weight is 295 g/mol. The number of rotatable bonds is 5. The van der Waals surface area contributed by atoms with Crippen LogP contribution in [0.2, 0.25) is 0 Å². The van der Waals surface area contributed by atoms with Crippen LogP contribution in [0, 0.1) is 0 Å². The van der Waals surface area contributed by atoms with Crippen molar-refractivity contribution >= 4 is 26.5 Å². The Labute approximate surface area is 104 Å². The van der Waals surface area contributed by atoms with Crippen molar-refractivity contribution in [2.45, 2.75) is 9.79 Å². The molecule has 0 radical (unpaired) electrons. The molecule has 18 heavy (non-hydrogen) atoms. The first kappa shape index (κ1) is 14.7. The fraction of sp³-hybridized carbons (Fsp3) is 0.250. The molecule has 1 heterocycles. The van der Waals surface area contributed by atoms with Gasteiger partial charge in [0.05, 0.1) is 19.8 Å². The van der Waals surface area contributed by atoms with Gasteiger partial charge in [-0.05, 0) is 0 Å². The summed E-state index contributed by atoms with van der Waals surface area (Å²) in [4.78, 5) is 12.7. The molecule has 0 fully saturated rings. The maximum Gasteiger partial charge on any atom is 0.299 e. The molecule has 0 atom stereocenters. The molecular weight excluding hydrogens is 286 g/mol. The van der Waals surface area contributed by atoms with E-state index in [1.165, 1.54) is 0 Å². The van der Waals surface area contributed by atoms with Gasteiger partial charge in [0.1, 0.15) is 9.79 Å². The number of carbonyl (C=O) groups excluding carboxylic acids is 1. The minimum atomic E-state index is -4.40. The molecule has 0 amide bonds. The SMILES string of the molecule is COS(=O)(=O)c1cncc(C=O)c1S(=O)(=O)OC. The Morgan fingerprint density at radius 1 is 1.06 bits per heavy atom. The number of hydrogen-bond acceptors (Lipinski definition) is 8. The van der Waals surface area contributed by atoms with Crippen LogP contribution in [0.5, 0.6) is 0 Å². The molecule has 1 aromatic rings. The van der Waals surface area contributed by atoms with Crippen molar-refractivity contribution in [3.8, 4) is 0 Å².